The van der Waals surface area contributed by atoms with Crippen LogP contribution in [-0.4, -0.2) is 13.7 Å². The SMILES string of the molecule is COc1ccc(Br)cc1CC1(CN)CCC(C(C)C)CC1. The first-order valence-electron chi connectivity index (χ1n) is 8.02. The van der Waals surface area contributed by atoms with Crippen LogP contribution in [0.5, 0.6) is 5.75 Å². The lowest BCUT2D eigenvalue weighted by atomic mass is 9.65. The van der Waals surface area contributed by atoms with E-state index < -0.39 is 0 Å². The highest BCUT2D eigenvalue weighted by atomic mass is 79.9. The van der Waals surface area contributed by atoms with Crippen LogP contribution in [0.15, 0.2) is 22.7 Å². The zero-order valence-electron chi connectivity index (χ0n) is 13.5. The average Bonchev–Trinajstić information content (AvgIpc) is 2.48. The van der Waals surface area contributed by atoms with Crippen molar-refractivity contribution < 1.29 is 4.74 Å². The number of halogens is 1. The lowest BCUT2D eigenvalue weighted by Crippen LogP contribution is -2.37. The highest BCUT2D eigenvalue weighted by Crippen LogP contribution is 2.44. The molecule has 0 radical (unpaired) electrons. The largest absolute Gasteiger partial charge is 0.496 e. The molecule has 1 aromatic carbocycles. The number of benzene rings is 1. The summed E-state index contributed by atoms with van der Waals surface area (Å²) in [4.78, 5) is 0. The van der Waals surface area contributed by atoms with E-state index in [0.29, 0.717) is 0 Å². The van der Waals surface area contributed by atoms with Gasteiger partial charge >= 0.3 is 0 Å². The maximum absolute atomic E-state index is 6.18. The first-order chi connectivity index (χ1) is 9.99. The molecule has 118 valence electrons. The van der Waals surface area contributed by atoms with E-state index in [1.165, 1.54) is 31.2 Å². The Morgan fingerprint density at radius 2 is 2.00 bits per heavy atom. The van der Waals surface area contributed by atoms with Crippen molar-refractivity contribution in [2.75, 3.05) is 13.7 Å². The van der Waals surface area contributed by atoms with Crippen molar-refractivity contribution >= 4 is 15.9 Å². The third-order valence-electron chi connectivity index (χ3n) is 5.27. The standard InChI is InChI=1S/C18H28BrNO/c1-13(2)14-6-8-18(12-20,9-7-14)11-15-10-16(19)4-5-17(15)21-3/h4-5,10,13-14H,6-9,11-12,20H2,1-3H3. The summed E-state index contributed by atoms with van der Waals surface area (Å²) in [6.45, 7) is 5.46. The van der Waals surface area contributed by atoms with Crippen LogP contribution in [-0.2, 0) is 6.42 Å². The molecule has 0 saturated heterocycles. The van der Waals surface area contributed by atoms with Crippen molar-refractivity contribution in [2.24, 2.45) is 23.0 Å². The Morgan fingerprint density at radius 3 is 2.52 bits per heavy atom. The quantitative estimate of drug-likeness (QED) is 0.825. The second-order valence-corrected chi connectivity index (χ2v) is 7.83. The lowest BCUT2D eigenvalue weighted by Gasteiger charge is -2.41. The number of nitrogens with two attached hydrogens (primary N) is 1. The summed E-state index contributed by atoms with van der Waals surface area (Å²) < 4.78 is 6.64. The number of hydrogen-bond donors (Lipinski definition) is 1. The minimum absolute atomic E-state index is 0.249. The van der Waals surface area contributed by atoms with E-state index in [0.717, 1.165) is 35.0 Å². The minimum atomic E-state index is 0.249. The zero-order valence-corrected chi connectivity index (χ0v) is 15.1. The molecule has 0 amide bonds. The maximum Gasteiger partial charge on any atom is 0.122 e. The van der Waals surface area contributed by atoms with E-state index in [1.807, 2.05) is 12.1 Å². The fourth-order valence-corrected chi connectivity index (χ4v) is 4.07. The van der Waals surface area contributed by atoms with Crippen molar-refractivity contribution in [2.45, 2.75) is 46.0 Å². The number of hydrogen-bond acceptors (Lipinski definition) is 2. The van der Waals surface area contributed by atoms with Gasteiger partial charge < -0.3 is 10.5 Å². The summed E-state index contributed by atoms with van der Waals surface area (Å²) in [5.74, 6) is 2.65. The molecular weight excluding hydrogens is 326 g/mol. The van der Waals surface area contributed by atoms with Crippen molar-refractivity contribution in [3.63, 3.8) is 0 Å². The lowest BCUT2D eigenvalue weighted by molar-refractivity contribution is 0.132. The number of methoxy groups -OCH3 is 1. The third kappa shape index (κ3) is 4.01. The number of rotatable bonds is 5. The molecule has 1 fully saturated rings. The molecule has 0 aliphatic heterocycles. The van der Waals surface area contributed by atoms with Crippen LogP contribution in [0.1, 0.15) is 45.1 Å². The summed E-state index contributed by atoms with van der Waals surface area (Å²) in [5.41, 5.74) is 7.71. The van der Waals surface area contributed by atoms with Gasteiger partial charge in [0.15, 0.2) is 0 Å². The van der Waals surface area contributed by atoms with Gasteiger partial charge in [0.05, 0.1) is 7.11 Å². The summed E-state index contributed by atoms with van der Waals surface area (Å²) in [6.07, 6.45) is 6.12. The fraction of sp³-hybridized carbons (Fsp3) is 0.667. The summed E-state index contributed by atoms with van der Waals surface area (Å²) in [7, 11) is 1.75. The molecule has 2 nitrogen and oxygen atoms in total. The first-order valence-corrected chi connectivity index (χ1v) is 8.81. The molecule has 1 aromatic rings. The molecule has 1 saturated carbocycles. The minimum Gasteiger partial charge on any atom is -0.496 e. The highest BCUT2D eigenvalue weighted by molar-refractivity contribution is 9.10. The Hall–Kier alpha value is -0.540. The van der Waals surface area contributed by atoms with Crippen LogP contribution in [0.3, 0.4) is 0 Å². The van der Waals surface area contributed by atoms with E-state index >= 15 is 0 Å². The van der Waals surface area contributed by atoms with Gasteiger partial charge in [-0.05, 0) is 79.7 Å². The van der Waals surface area contributed by atoms with Crippen molar-refractivity contribution in [3.05, 3.63) is 28.2 Å². The van der Waals surface area contributed by atoms with E-state index in [1.54, 1.807) is 7.11 Å². The van der Waals surface area contributed by atoms with E-state index in [2.05, 4.69) is 35.8 Å². The normalized spacial score (nSPS) is 26.1. The Morgan fingerprint density at radius 1 is 1.33 bits per heavy atom. The highest BCUT2D eigenvalue weighted by Gasteiger charge is 2.35. The van der Waals surface area contributed by atoms with Crippen LogP contribution in [0.4, 0.5) is 0 Å². The zero-order chi connectivity index (χ0) is 15.5. The number of ether oxygens (including phenoxy) is 1. The van der Waals surface area contributed by atoms with Crippen LogP contribution in [0, 0.1) is 17.3 Å². The molecule has 21 heavy (non-hydrogen) atoms. The van der Waals surface area contributed by atoms with E-state index in [-0.39, 0.29) is 5.41 Å². The maximum atomic E-state index is 6.18. The summed E-state index contributed by atoms with van der Waals surface area (Å²) >= 11 is 3.57. The topological polar surface area (TPSA) is 35.2 Å². The Kier molecular flexibility index (Phi) is 5.73. The third-order valence-corrected chi connectivity index (χ3v) is 5.77. The average molecular weight is 354 g/mol. The smallest absolute Gasteiger partial charge is 0.122 e. The molecule has 1 aliphatic carbocycles. The molecule has 0 heterocycles. The van der Waals surface area contributed by atoms with Gasteiger partial charge in [-0.1, -0.05) is 29.8 Å². The van der Waals surface area contributed by atoms with Gasteiger partial charge in [0.25, 0.3) is 0 Å². The predicted octanol–water partition coefficient (Wildman–Crippen LogP) is 4.79. The van der Waals surface area contributed by atoms with Gasteiger partial charge in [-0.2, -0.15) is 0 Å². The van der Waals surface area contributed by atoms with Gasteiger partial charge in [0.2, 0.25) is 0 Å². The molecule has 0 atom stereocenters. The molecule has 2 rings (SSSR count). The molecule has 3 heteroatoms. The van der Waals surface area contributed by atoms with Crippen molar-refractivity contribution in [1.29, 1.82) is 0 Å². The van der Waals surface area contributed by atoms with E-state index in [9.17, 15) is 0 Å². The van der Waals surface area contributed by atoms with Crippen LogP contribution in [0.2, 0.25) is 0 Å². The monoisotopic (exact) mass is 353 g/mol. The van der Waals surface area contributed by atoms with Crippen LogP contribution >= 0.6 is 15.9 Å². The van der Waals surface area contributed by atoms with Gasteiger partial charge in [-0.15, -0.1) is 0 Å². The molecule has 2 N–H and O–H groups in total. The molecule has 1 aliphatic rings. The summed E-state index contributed by atoms with van der Waals surface area (Å²) in [5, 5.41) is 0. The van der Waals surface area contributed by atoms with Crippen molar-refractivity contribution in [1.82, 2.24) is 0 Å². The van der Waals surface area contributed by atoms with Crippen LogP contribution < -0.4 is 10.5 Å². The molecular formula is C18H28BrNO. The second-order valence-electron chi connectivity index (χ2n) is 6.92. The van der Waals surface area contributed by atoms with E-state index in [4.69, 9.17) is 10.5 Å². The first kappa shape index (κ1) is 16.8. The molecule has 0 aromatic heterocycles. The van der Waals surface area contributed by atoms with Gasteiger partial charge in [0, 0.05) is 4.47 Å². The van der Waals surface area contributed by atoms with Gasteiger partial charge in [0.1, 0.15) is 5.75 Å². The molecule has 0 unspecified atom stereocenters. The fourth-order valence-electron chi connectivity index (χ4n) is 3.66. The van der Waals surface area contributed by atoms with Gasteiger partial charge in [-0.3, -0.25) is 0 Å². The Bertz CT molecular complexity index is 464. The second kappa shape index (κ2) is 7.15. The Labute approximate surface area is 137 Å². The van der Waals surface area contributed by atoms with Gasteiger partial charge in [-0.25, -0.2) is 0 Å². The van der Waals surface area contributed by atoms with Crippen LogP contribution in [0.25, 0.3) is 0 Å². The Balaban J connectivity index is 2.14. The molecule has 0 spiro atoms. The molecule has 0 bridgehead atoms. The predicted molar refractivity (Wildman–Crippen MR) is 92.7 cm³/mol. The van der Waals surface area contributed by atoms with Crippen molar-refractivity contribution in [3.8, 4) is 5.75 Å². The summed E-state index contributed by atoms with van der Waals surface area (Å²) in [6, 6.07) is 6.27.